The van der Waals surface area contributed by atoms with Crippen LogP contribution in [-0.2, 0) is 18.4 Å². The van der Waals surface area contributed by atoms with Crippen LogP contribution in [0.4, 0.5) is 5.69 Å². The monoisotopic (exact) mass is 329 g/mol. The summed E-state index contributed by atoms with van der Waals surface area (Å²) in [6.45, 7) is 0.651. The molecule has 0 N–H and O–H groups in total. The Labute approximate surface area is 126 Å². The van der Waals surface area contributed by atoms with Gasteiger partial charge in [0.25, 0.3) is 5.77 Å². The van der Waals surface area contributed by atoms with Gasteiger partial charge in [-0.25, -0.2) is 0 Å². The summed E-state index contributed by atoms with van der Waals surface area (Å²) >= 11 is 17.8. The number of hydrogen-bond donors (Lipinski definition) is 0. The highest BCUT2D eigenvalue weighted by Gasteiger charge is 2.32. The average molecular weight is 330 g/mol. The van der Waals surface area contributed by atoms with E-state index in [0.29, 0.717) is 11.6 Å². The zero-order chi connectivity index (χ0) is 13.5. The maximum absolute atomic E-state index is 6.44. The van der Waals surface area contributed by atoms with Crippen molar-refractivity contribution in [2.75, 3.05) is 4.67 Å². The lowest BCUT2D eigenvalue weighted by Gasteiger charge is -2.36. The van der Waals surface area contributed by atoms with E-state index >= 15 is 0 Å². The van der Waals surface area contributed by atoms with Crippen LogP contribution in [0.25, 0.3) is 0 Å². The van der Waals surface area contributed by atoms with Gasteiger partial charge in [0.1, 0.15) is 5.75 Å². The third kappa shape index (κ3) is 2.61. The van der Waals surface area contributed by atoms with Gasteiger partial charge in [-0.15, -0.1) is 0 Å². The van der Waals surface area contributed by atoms with Crippen molar-refractivity contribution in [1.82, 2.24) is 0 Å². The molecule has 1 heterocycles. The maximum atomic E-state index is 6.44. The fourth-order valence-corrected chi connectivity index (χ4v) is 4.70. The Morgan fingerprint density at radius 2 is 1.79 bits per heavy atom. The summed E-state index contributed by atoms with van der Waals surface area (Å²) in [6, 6.07) is 15.3. The molecule has 2 nitrogen and oxygen atoms in total. The Morgan fingerprint density at radius 3 is 2.53 bits per heavy atom. The molecule has 1 unspecified atom stereocenters. The molecule has 19 heavy (non-hydrogen) atoms. The van der Waals surface area contributed by atoms with E-state index in [1.165, 1.54) is 0 Å². The second-order valence-corrected chi connectivity index (χ2v) is 9.65. The van der Waals surface area contributed by atoms with E-state index in [0.717, 1.165) is 17.0 Å². The summed E-state index contributed by atoms with van der Waals surface area (Å²) in [4.78, 5) is 0. The van der Waals surface area contributed by atoms with Crippen molar-refractivity contribution in [2.45, 2.75) is 6.54 Å². The van der Waals surface area contributed by atoms with Crippen molar-refractivity contribution in [3.8, 4) is 5.75 Å². The van der Waals surface area contributed by atoms with Crippen LogP contribution in [0.3, 0.4) is 0 Å². The first-order valence-corrected chi connectivity index (χ1v) is 9.63. The Bertz CT molecular complexity index is 662. The zero-order valence-electron chi connectivity index (χ0n) is 9.79. The van der Waals surface area contributed by atoms with Crippen LogP contribution in [0.2, 0.25) is 5.02 Å². The van der Waals surface area contributed by atoms with Gasteiger partial charge in [0.05, 0.1) is 6.54 Å². The normalized spacial score (nSPS) is 21.7. The van der Waals surface area contributed by atoms with Gasteiger partial charge in [-0.05, 0) is 53.4 Å². The molecule has 0 spiro atoms. The first kappa shape index (κ1) is 13.3. The van der Waals surface area contributed by atoms with Crippen molar-refractivity contribution in [2.24, 2.45) is 0 Å². The van der Waals surface area contributed by atoms with Crippen LogP contribution >= 0.6 is 28.6 Å². The molecule has 1 atom stereocenters. The van der Waals surface area contributed by atoms with Crippen LogP contribution in [-0.4, -0.2) is 0 Å². The first-order valence-electron chi connectivity index (χ1n) is 5.67. The highest BCUT2D eigenvalue weighted by atomic mass is 35.7. The summed E-state index contributed by atoms with van der Waals surface area (Å²) in [7, 11) is 0. The molecule has 0 amide bonds. The van der Waals surface area contributed by atoms with Gasteiger partial charge < -0.3 is 4.52 Å². The third-order valence-electron chi connectivity index (χ3n) is 2.92. The molecule has 2 aromatic carbocycles. The highest BCUT2D eigenvalue weighted by Crippen LogP contribution is 2.61. The molecule has 0 aromatic heterocycles. The molecule has 6 heteroatoms. The molecular weight excluding hydrogens is 320 g/mol. The molecule has 0 saturated heterocycles. The van der Waals surface area contributed by atoms with Gasteiger partial charge in [-0.3, -0.25) is 4.67 Å². The molecule has 1 aliphatic rings. The van der Waals surface area contributed by atoms with E-state index in [4.69, 9.17) is 39.2 Å². The SMILES string of the molecule is S=P1(Cl)Oc2ccccc2CN1c1ccc(Cl)cc1. The number of para-hydroxylation sites is 1. The number of nitrogens with zero attached hydrogens (tertiary/aromatic N) is 1. The lowest BCUT2D eigenvalue weighted by Crippen LogP contribution is -2.23. The minimum Gasteiger partial charge on any atom is -0.437 e. The number of fused-ring (bicyclic) bond motifs is 1. The minimum atomic E-state index is -2.57. The molecule has 1 aliphatic heterocycles. The summed E-state index contributed by atoms with van der Waals surface area (Å²) < 4.78 is 7.73. The molecule has 0 radical (unpaired) electrons. The number of rotatable bonds is 1. The standard InChI is InChI=1S/C13H10Cl2NOPS/c14-11-5-7-12(8-6-11)16-9-10-3-1-2-4-13(10)17-18(16,15)19/h1-8H,9H2. The molecule has 0 fully saturated rings. The van der Waals surface area contributed by atoms with Gasteiger partial charge in [-0.2, -0.15) is 0 Å². The summed E-state index contributed by atoms with van der Waals surface area (Å²) in [5.41, 5.74) is 2.01. The van der Waals surface area contributed by atoms with Gasteiger partial charge in [-0.1, -0.05) is 29.8 Å². The van der Waals surface area contributed by atoms with Gasteiger partial charge in [0.2, 0.25) is 0 Å². The number of benzene rings is 2. The van der Waals surface area contributed by atoms with Crippen molar-refractivity contribution in [3.63, 3.8) is 0 Å². The number of halogens is 2. The Kier molecular flexibility index (Phi) is 3.48. The predicted molar refractivity (Wildman–Crippen MR) is 84.8 cm³/mol. The molecule has 0 saturated carbocycles. The van der Waals surface area contributed by atoms with Crippen LogP contribution < -0.4 is 9.19 Å². The topological polar surface area (TPSA) is 12.5 Å². The fraction of sp³-hybridized carbons (Fsp3) is 0.0769. The second kappa shape index (κ2) is 4.99. The summed E-state index contributed by atoms with van der Waals surface area (Å²) in [5, 5.41) is 0.685. The van der Waals surface area contributed by atoms with E-state index in [2.05, 4.69) is 0 Å². The van der Waals surface area contributed by atoms with Gasteiger partial charge in [0, 0.05) is 16.3 Å². The number of hydrogen-bond acceptors (Lipinski definition) is 2. The second-order valence-electron chi connectivity index (χ2n) is 4.18. The van der Waals surface area contributed by atoms with E-state index < -0.39 is 5.77 Å². The van der Waals surface area contributed by atoms with Crippen molar-refractivity contribution in [3.05, 3.63) is 59.1 Å². The van der Waals surface area contributed by atoms with E-state index in [9.17, 15) is 0 Å². The van der Waals surface area contributed by atoms with Gasteiger partial charge >= 0.3 is 0 Å². The summed E-state index contributed by atoms with van der Waals surface area (Å²) in [6.07, 6.45) is 0. The fourth-order valence-electron chi connectivity index (χ4n) is 1.98. The molecule has 0 aliphatic carbocycles. The first-order chi connectivity index (χ1) is 9.06. The maximum Gasteiger partial charge on any atom is 0.296 e. The molecule has 98 valence electrons. The van der Waals surface area contributed by atoms with E-state index in [1.54, 1.807) is 0 Å². The molecular formula is C13H10Cl2NOPS. The Hall–Kier alpha value is -0.730. The summed E-state index contributed by atoms with van der Waals surface area (Å²) in [5.74, 6) is -1.79. The lowest BCUT2D eigenvalue weighted by molar-refractivity contribution is 0.589. The Balaban J connectivity index is 2.03. The lowest BCUT2D eigenvalue weighted by atomic mass is 10.2. The Morgan fingerprint density at radius 1 is 1.11 bits per heavy atom. The third-order valence-corrected chi connectivity index (χ3v) is 6.11. The number of anilines is 1. The highest BCUT2D eigenvalue weighted by molar-refractivity contribution is 8.25. The van der Waals surface area contributed by atoms with Crippen LogP contribution in [0.5, 0.6) is 5.75 Å². The van der Waals surface area contributed by atoms with E-state index in [-0.39, 0.29) is 0 Å². The van der Waals surface area contributed by atoms with Crippen LogP contribution in [0, 0.1) is 0 Å². The smallest absolute Gasteiger partial charge is 0.296 e. The van der Waals surface area contributed by atoms with Crippen molar-refractivity contribution in [1.29, 1.82) is 0 Å². The van der Waals surface area contributed by atoms with Crippen LogP contribution in [0.15, 0.2) is 48.5 Å². The van der Waals surface area contributed by atoms with Crippen LogP contribution in [0.1, 0.15) is 5.56 Å². The zero-order valence-corrected chi connectivity index (χ0v) is 13.0. The quantitative estimate of drug-likeness (QED) is 0.667. The largest absolute Gasteiger partial charge is 0.437 e. The van der Waals surface area contributed by atoms with Crippen molar-refractivity contribution < 1.29 is 4.52 Å². The van der Waals surface area contributed by atoms with E-state index in [1.807, 2.05) is 53.2 Å². The predicted octanol–water partition coefficient (Wildman–Crippen LogP) is 5.20. The minimum absolute atomic E-state index is 0.651. The van der Waals surface area contributed by atoms with Gasteiger partial charge in [0.15, 0.2) is 0 Å². The molecule has 0 bridgehead atoms. The molecule has 3 rings (SSSR count). The molecule has 2 aromatic rings. The van der Waals surface area contributed by atoms with Crippen molar-refractivity contribution >= 4 is 46.1 Å². The average Bonchev–Trinajstić information content (AvgIpc) is 2.38.